The maximum Gasteiger partial charge on any atom is 0.135 e. The van der Waals surface area contributed by atoms with Crippen molar-refractivity contribution in [1.29, 1.82) is 0 Å². The first kappa shape index (κ1) is 79.8. The zero-order chi connectivity index (χ0) is 92.4. The van der Waals surface area contributed by atoms with Crippen LogP contribution in [0.3, 0.4) is 0 Å². The molecule has 0 spiro atoms. The summed E-state index contributed by atoms with van der Waals surface area (Å²) in [5.74, 6) is 0. The molecular weight excluding hydrogens is 1730 g/mol. The van der Waals surface area contributed by atoms with E-state index in [2.05, 4.69) is 523 Å². The lowest BCUT2D eigenvalue weighted by Gasteiger charge is -2.12. The fourth-order valence-electron chi connectivity index (χ4n) is 23.2. The Morgan fingerprint density at radius 2 is 0.390 bits per heavy atom. The normalized spacial score (nSPS) is 12.0. The average Bonchev–Trinajstić information content (AvgIpc) is 1.57. The van der Waals surface area contributed by atoms with Crippen LogP contribution in [0.2, 0.25) is 0 Å². The highest BCUT2D eigenvalue weighted by Gasteiger charge is 2.26. The number of rotatable bonds is 10. The molecule has 9 aromatic heterocycles. The summed E-state index contributed by atoms with van der Waals surface area (Å²) in [7, 11) is 0. The van der Waals surface area contributed by atoms with Gasteiger partial charge in [0.1, 0.15) is 11.2 Å². The van der Waals surface area contributed by atoms with Crippen molar-refractivity contribution in [2.45, 2.75) is 0 Å². The Morgan fingerprint density at radius 1 is 0.135 bits per heavy atom. The zero-order valence-corrected chi connectivity index (χ0v) is 77.2. The third-order valence-electron chi connectivity index (χ3n) is 29.2. The molecule has 0 radical (unpaired) electrons. The largest absolute Gasteiger partial charge is 0.456 e. The molecular formula is C132H83N7OS. The van der Waals surface area contributed by atoms with Crippen LogP contribution in [0.1, 0.15) is 0 Å². The van der Waals surface area contributed by atoms with Crippen molar-refractivity contribution < 1.29 is 4.42 Å². The Bertz CT molecular complexity index is 10000. The van der Waals surface area contributed by atoms with Crippen molar-refractivity contribution in [3.63, 3.8) is 0 Å². The van der Waals surface area contributed by atoms with Gasteiger partial charge in [-0.2, -0.15) is 0 Å². The third kappa shape index (κ3) is 12.5. The molecule has 0 unspecified atom stereocenters. The molecule has 0 aliphatic heterocycles. The third-order valence-corrected chi connectivity index (χ3v) is 30.4. The fraction of sp³-hybridized carbons (Fsp3) is 0. The summed E-state index contributed by atoms with van der Waals surface area (Å²) in [6, 6.07) is 183. The number of aromatic nitrogens is 7. The lowest BCUT2D eigenvalue weighted by molar-refractivity contribution is 0.669. The van der Waals surface area contributed by atoms with Crippen LogP contribution in [0, 0.1) is 0 Å². The van der Waals surface area contributed by atoms with Gasteiger partial charge in [0.15, 0.2) is 0 Å². The Kier molecular flexibility index (Phi) is 18.1. The Morgan fingerprint density at radius 3 is 0.801 bits per heavy atom. The summed E-state index contributed by atoms with van der Waals surface area (Å²) in [5, 5.41) is 22.6. The van der Waals surface area contributed by atoms with Gasteiger partial charge in [-0.3, -0.25) is 0 Å². The average molecular weight is 1820 g/mol. The summed E-state index contributed by atoms with van der Waals surface area (Å²) in [6.45, 7) is 0. The van der Waals surface area contributed by atoms with Crippen molar-refractivity contribution in [2.75, 3.05) is 0 Å². The van der Waals surface area contributed by atoms with E-state index in [0.29, 0.717) is 0 Å². The van der Waals surface area contributed by atoms with E-state index in [4.69, 9.17) is 4.42 Å². The SMILES string of the molecule is c1cc(-c2ccc3oc4ccccc4c3c2)cc(-n2c3ccccc3c3c(-n4c5ccccc5c5ccccc54)cccc32)c1.c1cc(-c2ccc3sc4ccccc4c3c2)cc(-n2c3ccccc3c3c(-n4c5ccccc5c5ccccc54)cccc32)c1.c1ccc(-n2c3ccccc3c3cc(-c4cccc(-n5c6ccccc6c6c(-n7c8ccccc8c8ccccc87)cccc65)c4)ccc32)cc1. The van der Waals surface area contributed by atoms with Crippen LogP contribution >= 0.6 is 11.3 Å². The molecule has 0 fully saturated rings. The number of hydrogen-bond acceptors (Lipinski definition) is 2. The van der Waals surface area contributed by atoms with Crippen LogP contribution in [-0.4, -0.2) is 32.0 Å². The monoisotopic (exact) mass is 1810 g/mol. The van der Waals surface area contributed by atoms with Gasteiger partial charge in [-0.25, -0.2) is 0 Å². The predicted molar refractivity (Wildman–Crippen MR) is 596 cm³/mol. The van der Waals surface area contributed by atoms with Gasteiger partial charge in [-0.15, -0.1) is 11.3 Å². The van der Waals surface area contributed by atoms with Gasteiger partial charge in [-0.05, 0) is 228 Å². The minimum Gasteiger partial charge on any atom is -0.456 e. The highest BCUT2D eigenvalue weighted by molar-refractivity contribution is 7.25. The number of furan rings is 1. The Labute approximate surface area is 813 Å². The molecule has 22 aromatic carbocycles. The molecule has 0 saturated heterocycles. The van der Waals surface area contributed by atoms with Crippen LogP contribution in [0.5, 0.6) is 0 Å². The molecule has 31 aromatic rings. The summed E-state index contributed by atoms with van der Waals surface area (Å²) in [6.07, 6.45) is 0. The quantitative estimate of drug-likeness (QED) is 0.135. The van der Waals surface area contributed by atoms with Crippen molar-refractivity contribution in [1.82, 2.24) is 32.0 Å². The summed E-state index contributed by atoms with van der Waals surface area (Å²) < 4.78 is 25.8. The van der Waals surface area contributed by atoms with E-state index in [1.165, 1.54) is 229 Å². The molecule has 0 N–H and O–H groups in total. The van der Waals surface area contributed by atoms with Gasteiger partial charge in [0.2, 0.25) is 0 Å². The van der Waals surface area contributed by atoms with E-state index < -0.39 is 0 Å². The maximum atomic E-state index is 6.11. The zero-order valence-electron chi connectivity index (χ0n) is 76.4. The molecule has 0 bridgehead atoms. The number of thiophene rings is 1. The van der Waals surface area contributed by atoms with E-state index in [1.54, 1.807) is 0 Å². The number of para-hydroxylation sites is 12. The molecule has 8 nitrogen and oxygen atoms in total. The number of benzene rings is 22. The first-order chi connectivity index (χ1) is 70.0. The molecule has 0 atom stereocenters. The number of fused-ring (bicyclic) bond motifs is 27. The van der Waals surface area contributed by atoms with E-state index in [-0.39, 0.29) is 0 Å². The lowest BCUT2D eigenvalue weighted by atomic mass is 10.0. The first-order valence-electron chi connectivity index (χ1n) is 48.3. The maximum absolute atomic E-state index is 6.11. The van der Waals surface area contributed by atoms with Crippen LogP contribution in [-0.2, 0) is 0 Å². The highest BCUT2D eigenvalue weighted by Crippen LogP contribution is 2.48. The minimum absolute atomic E-state index is 0.913. The van der Waals surface area contributed by atoms with E-state index in [1.807, 2.05) is 23.5 Å². The van der Waals surface area contributed by atoms with Crippen molar-refractivity contribution in [3.8, 4) is 73.2 Å². The molecule has 31 rings (SSSR count). The van der Waals surface area contributed by atoms with Crippen molar-refractivity contribution in [3.05, 3.63) is 504 Å². The molecule has 0 saturated carbocycles. The second kappa shape index (κ2) is 32.1. The van der Waals surface area contributed by atoms with Crippen LogP contribution in [0.15, 0.2) is 508 Å². The van der Waals surface area contributed by atoms with Gasteiger partial charge in [0.05, 0.1) is 94.3 Å². The standard InChI is InChI=1S/C48H31N3.C42H26N2O.C42H26N2S/c1-2-15-34(16-3-1)49-41-22-8-6-20-38(41)40-31-33(28-29-45(40)49)32-14-12-17-35(30-32)50-44-25-11-7-21-39(44)48-46(50)26-13-27-47(48)51-42-23-9-4-18-36(42)37-19-5-10-24-43(37)51;2*1-5-17-35-30(13-1)31-14-2-6-18-36(31)44(35)39-21-10-20-38-42(39)33-16-3-7-19-37(33)43(38)29-12-9-11-27(25-29)28-23-24-41-34(26-28)32-15-4-8-22-40(32)45-41/h1-31H;2*1-26H. The molecule has 141 heavy (non-hydrogen) atoms. The van der Waals surface area contributed by atoms with Gasteiger partial charge in [0, 0.05) is 129 Å². The highest BCUT2D eigenvalue weighted by atomic mass is 32.1. The van der Waals surface area contributed by atoms with E-state index in [9.17, 15) is 0 Å². The molecule has 9 heteroatoms. The summed E-state index contributed by atoms with van der Waals surface area (Å²) >= 11 is 1.86. The second-order valence-corrected chi connectivity index (χ2v) is 38.0. The molecule has 9 heterocycles. The smallest absolute Gasteiger partial charge is 0.135 e. The number of hydrogen-bond donors (Lipinski definition) is 0. The van der Waals surface area contributed by atoms with Gasteiger partial charge < -0.3 is 36.4 Å². The van der Waals surface area contributed by atoms with Crippen molar-refractivity contribution in [2.24, 2.45) is 0 Å². The lowest BCUT2D eigenvalue weighted by Crippen LogP contribution is -1.97. The van der Waals surface area contributed by atoms with Crippen LogP contribution in [0.4, 0.5) is 0 Å². The summed E-state index contributed by atoms with van der Waals surface area (Å²) in [4.78, 5) is 0. The second-order valence-electron chi connectivity index (χ2n) is 36.9. The van der Waals surface area contributed by atoms with Gasteiger partial charge in [-0.1, -0.05) is 309 Å². The molecule has 0 aliphatic rings. The van der Waals surface area contributed by atoms with Crippen molar-refractivity contribution >= 4 is 206 Å². The van der Waals surface area contributed by atoms with Crippen LogP contribution in [0.25, 0.3) is 268 Å². The number of nitrogens with zero attached hydrogens (tertiary/aromatic N) is 7. The van der Waals surface area contributed by atoms with Crippen LogP contribution < -0.4 is 0 Å². The predicted octanol–water partition coefficient (Wildman–Crippen LogP) is 36.0. The summed E-state index contributed by atoms with van der Waals surface area (Å²) in [5.41, 5.74) is 34.1. The first-order valence-corrected chi connectivity index (χ1v) is 49.1. The Hall–Kier alpha value is -18.5. The van der Waals surface area contributed by atoms with E-state index >= 15 is 0 Å². The molecule has 658 valence electrons. The van der Waals surface area contributed by atoms with Gasteiger partial charge >= 0.3 is 0 Å². The fourth-order valence-corrected chi connectivity index (χ4v) is 24.3. The van der Waals surface area contributed by atoms with Gasteiger partial charge in [0.25, 0.3) is 0 Å². The Balaban J connectivity index is 0.000000102. The molecule has 0 aliphatic carbocycles. The topological polar surface area (TPSA) is 47.6 Å². The van der Waals surface area contributed by atoms with E-state index in [0.717, 1.165) is 39.0 Å². The minimum atomic E-state index is 0.913. The molecule has 0 amide bonds.